The first kappa shape index (κ1) is 12.9. The second kappa shape index (κ2) is 5.27. The smallest absolute Gasteiger partial charge is 0.250 e. The van der Waals surface area contributed by atoms with E-state index in [2.05, 4.69) is 4.72 Å². The Morgan fingerprint density at radius 3 is 2.60 bits per heavy atom. The minimum atomic E-state index is -3.56. The van der Waals surface area contributed by atoms with Crippen LogP contribution in [0.3, 0.4) is 0 Å². The number of nitrogens with one attached hydrogen (secondary N) is 1. The summed E-state index contributed by atoms with van der Waals surface area (Å²) in [4.78, 5) is 10.4. The maximum atomic E-state index is 11.5. The number of hydrogen-bond acceptors (Lipinski definition) is 4. The lowest BCUT2D eigenvalue weighted by atomic mass is 10.5. The predicted molar refractivity (Wildman–Crippen MR) is 60.0 cm³/mol. The number of sulfonamides is 1. The molecule has 0 saturated heterocycles. The molecule has 0 unspecified atom stereocenters. The third-order valence-corrected chi connectivity index (χ3v) is 4.80. The van der Waals surface area contributed by atoms with E-state index in [4.69, 9.17) is 23.2 Å². The van der Waals surface area contributed by atoms with Crippen LogP contribution in [0.4, 0.5) is 0 Å². The molecule has 1 aromatic heterocycles. The molecule has 0 bridgehead atoms. The zero-order chi connectivity index (χ0) is 11.5. The lowest BCUT2D eigenvalue weighted by Crippen LogP contribution is -2.24. The molecule has 0 aliphatic carbocycles. The molecule has 15 heavy (non-hydrogen) atoms. The largest absolute Gasteiger partial charge is 0.281 e. The number of hydrogen-bond donors (Lipinski definition) is 1. The van der Waals surface area contributed by atoms with Crippen LogP contribution in [0.5, 0.6) is 0 Å². The highest BCUT2D eigenvalue weighted by molar-refractivity contribution is 7.91. The average Bonchev–Trinajstić information content (AvgIpc) is 2.51. The maximum Gasteiger partial charge on any atom is 0.250 e. The van der Waals surface area contributed by atoms with Crippen LogP contribution in [-0.2, 0) is 14.8 Å². The summed E-state index contributed by atoms with van der Waals surface area (Å²) in [5, 5.41) is -0.582. The molecule has 0 aromatic carbocycles. The van der Waals surface area contributed by atoms with E-state index in [0.29, 0.717) is 4.34 Å². The van der Waals surface area contributed by atoms with E-state index in [-0.39, 0.29) is 17.2 Å². The molecule has 8 heteroatoms. The minimum Gasteiger partial charge on any atom is -0.281 e. The van der Waals surface area contributed by atoms with Gasteiger partial charge in [-0.2, -0.15) is 0 Å². The molecule has 0 amide bonds. The molecule has 4 nitrogen and oxygen atoms in total. The van der Waals surface area contributed by atoms with E-state index in [0.717, 1.165) is 11.3 Å². The minimum absolute atomic E-state index is 0.0137. The molecule has 0 saturated carbocycles. The van der Waals surface area contributed by atoms with E-state index in [1.54, 1.807) is 0 Å². The standard InChI is InChI=1S/C7H7Cl2NO3S2/c8-5(11)3-4-10-15(12,13)7-2-1-6(9)14-7/h1-2,10H,3-4H2. The van der Waals surface area contributed by atoms with Gasteiger partial charge in [-0.3, -0.25) is 4.79 Å². The van der Waals surface area contributed by atoms with E-state index in [1.807, 2.05) is 0 Å². The molecule has 0 spiro atoms. The van der Waals surface area contributed by atoms with Crippen LogP contribution in [0.1, 0.15) is 6.42 Å². The van der Waals surface area contributed by atoms with Gasteiger partial charge in [-0.25, -0.2) is 13.1 Å². The van der Waals surface area contributed by atoms with Crippen molar-refractivity contribution < 1.29 is 13.2 Å². The first-order valence-corrected chi connectivity index (χ1v) is 6.91. The van der Waals surface area contributed by atoms with Crippen LogP contribution >= 0.6 is 34.5 Å². The van der Waals surface area contributed by atoms with Crippen molar-refractivity contribution >= 4 is 49.8 Å². The van der Waals surface area contributed by atoms with Gasteiger partial charge >= 0.3 is 0 Å². The van der Waals surface area contributed by atoms with Crippen molar-refractivity contribution in [2.24, 2.45) is 0 Å². The highest BCUT2D eigenvalue weighted by atomic mass is 35.5. The van der Waals surface area contributed by atoms with E-state index in [9.17, 15) is 13.2 Å². The van der Waals surface area contributed by atoms with Gasteiger partial charge in [-0.15, -0.1) is 11.3 Å². The van der Waals surface area contributed by atoms with Crippen LogP contribution in [-0.4, -0.2) is 20.2 Å². The molecule has 0 aliphatic heterocycles. The summed E-state index contributed by atoms with van der Waals surface area (Å²) < 4.78 is 25.8. The van der Waals surface area contributed by atoms with Gasteiger partial charge in [-0.1, -0.05) is 11.6 Å². The number of carbonyl (C=O) groups excluding carboxylic acids is 1. The molecule has 0 aliphatic rings. The molecule has 1 N–H and O–H groups in total. The zero-order valence-electron chi connectivity index (χ0n) is 7.37. The fourth-order valence-corrected chi connectivity index (χ4v) is 3.45. The fourth-order valence-electron chi connectivity index (χ4n) is 0.797. The Bertz CT molecular complexity index is 455. The van der Waals surface area contributed by atoms with Gasteiger partial charge in [-0.05, 0) is 23.7 Å². The summed E-state index contributed by atoms with van der Waals surface area (Å²) in [5.41, 5.74) is 0. The number of halogens is 2. The number of rotatable bonds is 5. The molecule has 1 aromatic rings. The van der Waals surface area contributed by atoms with Gasteiger partial charge in [0.1, 0.15) is 4.21 Å². The zero-order valence-corrected chi connectivity index (χ0v) is 10.5. The first-order valence-electron chi connectivity index (χ1n) is 3.85. The van der Waals surface area contributed by atoms with Gasteiger partial charge in [0.15, 0.2) is 0 Å². The molecule has 0 atom stereocenters. The van der Waals surface area contributed by atoms with Crippen molar-refractivity contribution in [3.8, 4) is 0 Å². The van der Waals surface area contributed by atoms with Gasteiger partial charge in [0.25, 0.3) is 0 Å². The SMILES string of the molecule is O=C(Cl)CCNS(=O)(=O)c1ccc(Cl)s1. The van der Waals surface area contributed by atoms with Crippen molar-refractivity contribution in [3.63, 3.8) is 0 Å². The lowest BCUT2D eigenvalue weighted by Gasteiger charge is -2.01. The van der Waals surface area contributed by atoms with Crippen molar-refractivity contribution in [2.45, 2.75) is 10.6 Å². The number of thiophene rings is 1. The third-order valence-electron chi connectivity index (χ3n) is 1.43. The summed E-state index contributed by atoms with van der Waals surface area (Å²) in [6.07, 6.45) is -0.0418. The van der Waals surface area contributed by atoms with Crippen molar-refractivity contribution in [1.82, 2.24) is 4.72 Å². The summed E-state index contributed by atoms with van der Waals surface area (Å²) >= 11 is 11.6. The molecule has 84 valence electrons. The molecule has 1 heterocycles. The van der Waals surface area contributed by atoms with Crippen LogP contribution in [0.2, 0.25) is 4.34 Å². The number of carbonyl (C=O) groups is 1. The predicted octanol–water partition coefficient (Wildman–Crippen LogP) is 1.84. The normalized spacial score (nSPS) is 11.6. The topological polar surface area (TPSA) is 63.2 Å². The Morgan fingerprint density at radius 1 is 1.47 bits per heavy atom. The third kappa shape index (κ3) is 4.08. The Hall–Kier alpha value is -0.140. The monoisotopic (exact) mass is 287 g/mol. The van der Waals surface area contributed by atoms with E-state index < -0.39 is 15.3 Å². The molecular weight excluding hydrogens is 281 g/mol. The Balaban J connectivity index is 2.64. The highest BCUT2D eigenvalue weighted by Crippen LogP contribution is 2.25. The Morgan fingerprint density at radius 2 is 2.13 bits per heavy atom. The van der Waals surface area contributed by atoms with Gasteiger partial charge in [0.05, 0.1) is 4.34 Å². The van der Waals surface area contributed by atoms with Crippen molar-refractivity contribution in [2.75, 3.05) is 6.54 Å². The molecule has 0 fully saturated rings. The highest BCUT2D eigenvalue weighted by Gasteiger charge is 2.15. The van der Waals surface area contributed by atoms with Crippen LogP contribution in [0.25, 0.3) is 0 Å². The van der Waals surface area contributed by atoms with Crippen LogP contribution < -0.4 is 4.72 Å². The van der Waals surface area contributed by atoms with Crippen molar-refractivity contribution in [3.05, 3.63) is 16.5 Å². The first-order chi connectivity index (χ1) is 6.92. The summed E-state index contributed by atoms with van der Waals surface area (Å²) in [7, 11) is -3.56. The summed E-state index contributed by atoms with van der Waals surface area (Å²) in [5.74, 6) is 0. The van der Waals surface area contributed by atoms with Crippen molar-refractivity contribution in [1.29, 1.82) is 0 Å². The molecule has 1 rings (SSSR count). The average molecular weight is 288 g/mol. The van der Waals surface area contributed by atoms with Gasteiger partial charge in [0, 0.05) is 13.0 Å². The maximum absolute atomic E-state index is 11.5. The summed E-state index contributed by atoms with van der Waals surface area (Å²) in [6.45, 7) is -0.0137. The van der Waals surface area contributed by atoms with E-state index in [1.165, 1.54) is 12.1 Å². The summed E-state index contributed by atoms with van der Waals surface area (Å²) in [6, 6.07) is 2.89. The van der Waals surface area contributed by atoms with Crippen LogP contribution in [0, 0.1) is 0 Å². The van der Waals surface area contributed by atoms with E-state index >= 15 is 0 Å². The van der Waals surface area contributed by atoms with Crippen LogP contribution in [0.15, 0.2) is 16.3 Å². The quantitative estimate of drug-likeness (QED) is 0.841. The Labute approximate surface area is 101 Å². The second-order valence-electron chi connectivity index (χ2n) is 2.56. The Kier molecular flexibility index (Phi) is 4.54. The molecular formula is C7H7Cl2NO3S2. The lowest BCUT2D eigenvalue weighted by molar-refractivity contribution is -0.111. The molecule has 0 radical (unpaired) electrons. The van der Waals surface area contributed by atoms with Gasteiger partial charge in [0.2, 0.25) is 15.3 Å². The van der Waals surface area contributed by atoms with Gasteiger partial charge < -0.3 is 0 Å². The fraction of sp³-hybridized carbons (Fsp3) is 0.286. The second-order valence-corrected chi connectivity index (χ2v) is 6.69.